The molecular formula is C8H9BN2O2S. The van der Waals surface area contributed by atoms with Crippen LogP contribution in [0.15, 0.2) is 18.2 Å². The fraction of sp³-hybridized carbons (Fsp3) is 0. The van der Waals surface area contributed by atoms with Crippen LogP contribution in [0.3, 0.4) is 0 Å². The number of anilines is 2. The van der Waals surface area contributed by atoms with E-state index >= 15 is 0 Å². The van der Waals surface area contributed by atoms with E-state index in [1.165, 1.54) is 11.3 Å². The third-order valence-corrected chi connectivity index (χ3v) is 3.07. The zero-order chi connectivity index (χ0) is 10.3. The van der Waals surface area contributed by atoms with Crippen molar-refractivity contribution in [2.24, 2.45) is 0 Å². The van der Waals surface area contributed by atoms with E-state index in [2.05, 4.69) is 0 Å². The molecule has 1 aromatic heterocycles. The highest BCUT2D eigenvalue weighted by Crippen LogP contribution is 2.29. The molecule has 0 fully saturated rings. The highest BCUT2D eigenvalue weighted by molar-refractivity contribution is 7.24. The molecule has 2 rings (SSSR count). The molecule has 14 heavy (non-hydrogen) atoms. The van der Waals surface area contributed by atoms with Gasteiger partial charge in [-0.1, -0.05) is 6.07 Å². The molecule has 6 heteroatoms. The molecule has 1 heterocycles. The van der Waals surface area contributed by atoms with Crippen LogP contribution in [0.4, 0.5) is 10.7 Å². The second-order valence-corrected chi connectivity index (χ2v) is 4.06. The molecular weight excluding hydrogens is 199 g/mol. The molecule has 0 bridgehead atoms. The van der Waals surface area contributed by atoms with Crippen LogP contribution >= 0.6 is 11.3 Å². The number of nitrogens with two attached hydrogens (primary N) is 2. The van der Waals surface area contributed by atoms with E-state index in [1.54, 1.807) is 12.1 Å². The Balaban J connectivity index is 2.86. The van der Waals surface area contributed by atoms with Crippen molar-refractivity contribution in [2.45, 2.75) is 0 Å². The highest BCUT2D eigenvalue weighted by Gasteiger charge is 2.22. The molecule has 0 saturated carbocycles. The van der Waals surface area contributed by atoms with E-state index < -0.39 is 7.12 Å². The number of nitrogen functional groups attached to an aromatic ring is 2. The molecule has 0 aliphatic heterocycles. The van der Waals surface area contributed by atoms with Crippen molar-refractivity contribution < 1.29 is 10.0 Å². The van der Waals surface area contributed by atoms with Crippen LogP contribution in [0, 0.1) is 0 Å². The highest BCUT2D eigenvalue weighted by atomic mass is 32.1. The summed E-state index contributed by atoms with van der Waals surface area (Å²) in [5.74, 6) is 0. The van der Waals surface area contributed by atoms with E-state index in [9.17, 15) is 0 Å². The maximum Gasteiger partial charge on any atom is 0.492 e. The lowest BCUT2D eigenvalue weighted by Gasteiger charge is -2.01. The van der Waals surface area contributed by atoms with Crippen molar-refractivity contribution in [1.82, 2.24) is 0 Å². The van der Waals surface area contributed by atoms with Crippen LogP contribution in [-0.2, 0) is 0 Å². The van der Waals surface area contributed by atoms with Crippen molar-refractivity contribution in [2.75, 3.05) is 11.5 Å². The standard InChI is InChI=1S/C8H9BN2O2S/c10-4-2-1-3-5-6(4)7(9(12)13)8(11)14-5/h1-3,12-13H,10-11H2. The number of benzene rings is 1. The largest absolute Gasteiger partial charge is 0.492 e. The molecule has 0 aliphatic rings. The van der Waals surface area contributed by atoms with Gasteiger partial charge in [0.05, 0.1) is 5.00 Å². The first-order valence-corrected chi connectivity index (χ1v) is 4.85. The van der Waals surface area contributed by atoms with Gasteiger partial charge in [0, 0.05) is 21.2 Å². The summed E-state index contributed by atoms with van der Waals surface area (Å²) in [6, 6.07) is 5.36. The molecule has 0 aliphatic carbocycles. The van der Waals surface area contributed by atoms with Crippen LogP contribution in [0.1, 0.15) is 0 Å². The lowest BCUT2D eigenvalue weighted by Crippen LogP contribution is -2.31. The molecule has 4 nitrogen and oxygen atoms in total. The van der Waals surface area contributed by atoms with E-state index in [0.29, 0.717) is 21.5 Å². The van der Waals surface area contributed by atoms with Crippen LogP contribution < -0.4 is 16.9 Å². The molecule has 0 unspecified atom stereocenters. The predicted molar refractivity (Wildman–Crippen MR) is 60.5 cm³/mol. The summed E-state index contributed by atoms with van der Waals surface area (Å²) in [5, 5.41) is 19.3. The van der Waals surface area contributed by atoms with Gasteiger partial charge < -0.3 is 21.5 Å². The Bertz CT molecular complexity index is 483. The zero-order valence-corrected chi connectivity index (χ0v) is 8.08. The average Bonchev–Trinajstić information content (AvgIpc) is 2.42. The van der Waals surface area contributed by atoms with Crippen LogP contribution in [0.2, 0.25) is 0 Å². The Kier molecular flexibility index (Phi) is 2.11. The predicted octanol–water partition coefficient (Wildman–Crippen LogP) is -0.254. The maximum absolute atomic E-state index is 9.14. The Morgan fingerprint density at radius 2 is 1.93 bits per heavy atom. The fourth-order valence-corrected chi connectivity index (χ4v) is 2.51. The van der Waals surface area contributed by atoms with Crippen molar-refractivity contribution in [3.05, 3.63) is 18.2 Å². The van der Waals surface area contributed by atoms with Crippen molar-refractivity contribution in [3.8, 4) is 0 Å². The van der Waals surface area contributed by atoms with Crippen molar-refractivity contribution >= 4 is 44.7 Å². The van der Waals surface area contributed by atoms with E-state index in [1.807, 2.05) is 6.07 Å². The maximum atomic E-state index is 9.14. The molecule has 0 atom stereocenters. The topological polar surface area (TPSA) is 92.5 Å². The third kappa shape index (κ3) is 1.24. The first kappa shape index (κ1) is 9.33. The molecule has 0 amide bonds. The van der Waals surface area contributed by atoms with Gasteiger partial charge in [-0.25, -0.2) is 0 Å². The zero-order valence-electron chi connectivity index (χ0n) is 7.27. The molecule has 0 radical (unpaired) electrons. The third-order valence-electron chi connectivity index (χ3n) is 2.07. The van der Waals surface area contributed by atoms with Gasteiger partial charge in [-0.15, -0.1) is 11.3 Å². The summed E-state index contributed by atoms with van der Waals surface area (Å²) in [7, 11) is -1.58. The summed E-state index contributed by atoms with van der Waals surface area (Å²) in [4.78, 5) is 0. The molecule has 0 spiro atoms. The molecule has 1 aromatic carbocycles. The van der Waals surface area contributed by atoms with Crippen LogP contribution in [-0.4, -0.2) is 17.2 Å². The first-order chi connectivity index (χ1) is 6.61. The minimum atomic E-state index is -1.58. The summed E-state index contributed by atoms with van der Waals surface area (Å²) in [6.45, 7) is 0. The SMILES string of the molecule is Nc1sc2cccc(N)c2c1B(O)O. The fourth-order valence-electron chi connectivity index (χ4n) is 1.47. The van der Waals surface area contributed by atoms with Gasteiger partial charge in [0.2, 0.25) is 0 Å². The van der Waals surface area contributed by atoms with E-state index in [0.717, 1.165) is 4.70 Å². The summed E-state index contributed by atoms with van der Waals surface area (Å²) < 4.78 is 0.866. The number of fused-ring (bicyclic) bond motifs is 1. The number of thiophene rings is 1. The summed E-state index contributed by atoms with van der Waals surface area (Å²) in [6.07, 6.45) is 0. The van der Waals surface area contributed by atoms with Crippen LogP contribution in [0.25, 0.3) is 10.1 Å². The first-order valence-electron chi connectivity index (χ1n) is 4.03. The lowest BCUT2D eigenvalue weighted by molar-refractivity contribution is 0.426. The van der Waals surface area contributed by atoms with E-state index in [-0.39, 0.29) is 0 Å². The normalized spacial score (nSPS) is 10.7. The van der Waals surface area contributed by atoms with Gasteiger partial charge in [0.1, 0.15) is 0 Å². The minimum Gasteiger partial charge on any atom is -0.423 e. The van der Waals surface area contributed by atoms with Gasteiger partial charge in [-0.3, -0.25) is 0 Å². The second-order valence-electron chi connectivity index (χ2n) is 2.97. The molecule has 72 valence electrons. The number of hydrogen-bond acceptors (Lipinski definition) is 5. The molecule has 0 saturated heterocycles. The summed E-state index contributed by atoms with van der Waals surface area (Å²) >= 11 is 1.30. The van der Waals surface area contributed by atoms with Crippen LogP contribution in [0.5, 0.6) is 0 Å². The Morgan fingerprint density at radius 1 is 1.21 bits per heavy atom. The molecule has 2 aromatic rings. The number of hydrogen-bond donors (Lipinski definition) is 4. The Morgan fingerprint density at radius 3 is 2.57 bits per heavy atom. The van der Waals surface area contributed by atoms with Crippen molar-refractivity contribution in [3.63, 3.8) is 0 Å². The van der Waals surface area contributed by atoms with Gasteiger partial charge >= 0.3 is 7.12 Å². The smallest absolute Gasteiger partial charge is 0.423 e. The minimum absolute atomic E-state index is 0.308. The average molecular weight is 208 g/mol. The van der Waals surface area contributed by atoms with Gasteiger partial charge in [-0.2, -0.15) is 0 Å². The van der Waals surface area contributed by atoms with Gasteiger partial charge in [-0.05, 0) is 12.1 Å². The summed E-state index contributed by atoms with van der Waals surface area (Å²) in [5.41, 5.74) is 12.2. The van der Waals surface area contributed by atoms with E-state index in [4.69, 9.17) is 21.5 Å². The monoisotopic (exact) mass is 208 g/mol. The Hall–Kier alpha value is -1.24. The number of rotatable bonds is 1. The second kappa shape index (κ2) is 3.16. The van der Waals surface area contributed by atoms with Gasteiger partial charge in [0.15, 0.2) is 0 Å². The van der Waals surface area contributed by atoms with Crippen molar-refractivity contribution in [1.29, 1.82) is 0 Å². The molecule has 6 N–H and O–H groups in total. The quantitative estimate of drug-likeness (QED) is 0.384. The van der Waals surface area contributed by atoms with Gasteiger partial charge in [0.25, 0.3) is 0 Å². The Labute approximate surface area is 84.9 Å². The lowest BCUT2D eigenvalue weighted by atomic mass is 9.79.